The third-order valence-corrected chi connectivity index (χ3v) is 6.46. The van der Waals surface area contributed by atoms with E-state index in [4.69, 9.17) is 14.4 Å². The fraction of sp³-hybridized carbons (Fsp3) is 0.364. The molecule has 0 spiro atoms. The maximum Gasteiger partial charge on any atom is 0.318 e. The van der Waals surface area contributed by atoms with Crippen molar-refractivity contribution in [3.8, 4) is 22.8 Å². The summed E-state index contributed by atoms with van der Waals surface area (Å²) < 4.78 is 24.1. The van der Waals surface area contributed by atoms with Gasteiger partial charge in [0.2, 0.25) is 5.89 Å². The number of hydrogen-bond acceptors (Lipinski definition) is 9. The minimum absolute atomic E-state index is 0.0683. The van der Waals surface area contributed by atoms with Gasteiger partial charge in [0.1, 0.15) is 24.4 Å². The van der Waals surface area contributed by atoms with Crippen LogP contribution in [0, 0.1) is 5.92 Å². The summed E-state index contributed by atoms with van der Waals surface area (Å²) in [6.45, 7) is 2.07. The zero-order valence-electron chi connectivity index (χ0n) is 19.4. The van der Waals surface area contributed by atoms with Gasteiger partial charge in [0, 0.05) is 24.8 Å². The molecular formula is C22H25N8O5P. The van der Waals surface area contributed by atoms with Crippen molar-refractivity contribution < 1.29 is 23.2 Å². The van der Waals surface area contributed by atoms with Crippen molar-refractivity contribution in [1.29, 1.82) is 0 Å². The first-order valence-corrected chi connectivity index (χ1v) is 12.7. The summed E-state index contributed by atoms with van der Waals surface area (Å²) in [6.07, 6.45) is 15.1. The van der Waals surface area contributed by atoms with Crippen LogP contribution in [-0.2, 0) is 15.8 Å². The topological polar surface area (TPSA) is 163 Å². The Morgan fingerprint density at radius 3 is 2.83 bits per heavy atom. The highest BCUT2D eigenvalue weighted by Gasteiger charge is 2.24. The molecule has 1 unspecified atom stereocenters. The van der Waals surface area contributed by atoms with E-state index in [0.29, 0.717) is 28.6 Å². The molecule has 0 saturated heterocycles. The first-order valence-electron chi connectivity index (χ1n) is 11.5. The van der Waals surface area contributed by atoms with Crippen molar-refractivity contribution in [2.75, 3.05) is 5.32 Å². The lowest BCUT2D eigenvalue weighted by molar-refractivity contribution is 0.102. The Bertz CT molecular complexity index is 1360. The largest absolute Gasteiger partial charge is 0.444 e. The van der Waals surface area contributed by atoms with Crippen LogP contribution in [-0.4, -0.2) is 45.3 Å². The van der Waals surface area contributed by atoms with E-state index in [9.17, 15) is 9.36 Å². The van der Waals surface area contributed by atoms with E-state index in [1.807, 2.05) is 10.9 Å². The molecule has 4 aromatic heterocycles. The number of rotatable bonds is 8. The molecule has 2 N–H and O–H groups in total. The Morgan fingerprint density at radius 1 is 1.25 bits per heavy atom. The Kier molecular flexibility index (Phi) is 7.03. The van der Waals surface area contributed by atoms with Gasteiger partial charge in [-0.1, -0.05) is 6.92 Å². The number of aromatic nitrogens is 7. The first kappa shape index (κ1) is 24.0. The monoisotopic (exact) mass is 512 g/mol. The fourth-order valence-corrected chi connectivity index (χ4v) is 4.39. The Balaban J connectivity index is 1.35. The number of carbonyl (C=O) groups excluding carboxylic acids is 1. The molecule has 14 heteroatoms. The summed E-state index contributed by atoms with van der Waals surface area (Å²) >= 11 is 0. The molecule has 1 saturated carbocycles. The van der Waals surface area contributed by atoms with Crippen molar-refractivity contribution >= 4 is 19.8 Å². The number of nitrogens with zero attached hydrogens (tertiary/aromatic N) is 7. The van der Waals surface area contributed by atoms with Crippen molar-refractivity contribution in [2.24, 2.45) is 5.92 Å². The molecule has 0 aromatic carbocycles. The summed E-state index contributed by atoms with van der Waals surface area (Å²) in [5.41, 5.74) is 2.14. The quantitative estimate of drug-likeness (QED) is 0.334. The molecule has 0 aliphatic heterocycles. The van der Waals surface area contributed by atoms with E-state index < -0.39 is 14.2 Å². The summed E-state index contributed by atoms with van der Waals surface area (Å²) in [6, 6.07) is 0.256. The fourth-order valence-electron chi connectivity index (χ4n) is 4.15. The maximum absolute atomic E-state index is 13.0. The van der Waals surface area contributed by atoms with Crippen molar-refractivity contribution in [3.05, 3.63) is 49.1 Å². The van der Waals surface area contributed by atoms with E-state index >= 15 is 0 Å². The van der Waals surface area contributed by atoms with Crippen LogP contribution in [0.15, 0.2) is 47.9 Å². The van der Waals surface area contributed by atoms with Gasteiger partial charge in [-0.3, -0.25) is 28.5 Å². The number of amides is 1. The molecule has 13 nitrogen and oxygen atoms in total. The predicted molar refractivity (Wildman–Crippen MR) is 128 cm³/mol. The maximum atomic E-state index is 13.0. The van der Waals surface area contributed by atoms with Crippen LogP contribution in [0.2, 0.25) is 0 Å². The van der Waals surface area contributed by atoms with Crippen molar-refractivity contribution in [2.45, 2.75) is 45.4 Å². The zero-order valence-corrected chi connectivity index (χ0v) is 20.4. The summed E-state index contributed by atoms with van der Waals surface area (Å²) in [5, 5.41) is 11.7. The van der Waals surface area contributed by atoms with Gasteiger partial charge in [0.25, 0.3) is 5.91 Å². The molecule has 0 bridgehead atoms. The second-order valence-corrected chi connectivity index (χ2v) is 9.50. The molecule has 1 aliphatic carbocycles. The van der Waals surface area contributed by atoms with Crippen LogP contribution in [0.4, 0.5) is 5.69 Å². The van der Waals surface area contributed by atoms with Crippen molar-refractivity contribution in [3.63, 3.8) is 0 Å². The minimum atomic E-state index is -3.07. The highest BCUT2D eigenvalue weighted by molar-refractivity contribution is 7.32. The van der Waals surface area contributed by atoms with Crippen molar-refractivity contribution in [1.82, 2.24) is 34.5 Å². The lowest BCUT2D eigenvalue weighted by Crippen LogP contribution is -2.17. The Morgan fingerprint density at radius 2 is 2.08 bits per heavy atom. The Hall–Kier alpha value is -3.67. The molecule has 5 rings (SSSR count). The molecular weight excluding hydrogens is 487 g/mol. The van der Waals surface area contributed by atoms with E-state index in [0.717, 1.165) is 25.7 Å². The van der Waals surface area contributed by atoms with E-state index in [1.54, 1.807) is 18.6 Å². The van der Waals surface area contributed by atoms with Gasteiger partial charge in [-0.2, -0.15) is 10.2 Å². The van der Waals surface area contributed by atoms with Crippen LogP contribution in [0.5, 0.6) is 0 Å². The average molecular weight is 512 g/mol. The molecule has 1 fully saturated rings. The van der Waals surface area contributed by atoms with Gasteiger partial charge in [-0.05, 0) is 31.6 Å². The van der Waals surface area contributed by atoms with Gasteiger partial charge in [-0.25, -0.2) is 9.67 Å². The van der Waals surface area contributed by atoms with E-state index in [1.165, 1.54) is 23.3 Å². The second kappa shape index (κ2) is 10.5. The number of hydrogen-bond donors (Lipinski definition) is 2. The molecule has 188 valence electrons. The van der Waals surface area contributed by atoms with Gasteiger partial charge < -0.3 is 14.6 Å². The van der Waals surface area contributed by atoms with Crippen LogP contribution in [0.1, 0.15) is 49.1 Å². The third kappa shape index (κ3) is 5.43. The summed E-state index contributed by atoms with van der Waals surface area (Å²) in [7, 11) is -3.07. The molecule has 1 amide bonds. The van der Waals surface area contributed by atoms with E-state index in [2.05, 4.69) is 36.8 Å². The highest BCUT2D eigenvalue weighted by Crippen LogP contribution is 2.34. The summed E-state index contributed by atoms with van der Waals surface area (Å²) in [4.78, 5) is 34.6. The average Bonchev–Trinajstić information content (AvgIpc) is 3.63. The number of nitrogens with one attached hydrogen (secondary N) is 1. The number of oxazole rings is 1. The molecule has 4 heterocycles. The Labute approximate surface area is 206 Å². The third-order valence-electron chi connectivity index (χ3n) is 6.08. The molecule has 0 radical (unpaired) electrons. The standard InChI is InChI=1S/C22H25N8O5P/c1-14-2-4-16(5-3-14)30-11-18(20(28-30)17-9-23-6-7-24-17)26-21(31)19-12-34-22(27-19)15-8-25-29(10-15)13-35-36(32)33/h6-12,14,16,36H,2-5,13H2,1H3,(H,26,31)(H,32,33)/t14-,16-. The second-order valence-electron chi connectivity index (χ2n) is 8.68. The minimum Gasteiger partial charge on any atom is -0.444 e. The molecule has 1 atom stereocenters. The summed E-state index contributed by atoms with van der Waals surface area (Å²) in [5.74, 6) is 0.404. The molecule has 1 aliphatic rings. The zero-order chi connectivity index (χ0) is 25.1. The van der Waals surface area contributed by atoms with Gasteiger partial charge in [0.05, 0.1) is 29.7 Å². The molecule has 36 heavy (non-hydrogen) atoms. The lowest BCUT2D eigenvalue weighted by atomic mass is 9.87. The van der Waals surface area contributed by atoms with Crippen LogP contribution in [0.25, 0.3) is 22.8 Å². The van der Waals surface area contributed by atoms with Crippen LogP contribution >= 0.6 is 8.25 Å². The lowest BCUT2D eigenvalue weighted by Gasteiger charge is -2.26. The van der Waals surface area contributed by atoms with Gasteiger partial charge in [0.15, 0.2) is 5.69 Å². The van der Waals surface area contributed by atoms with Gasteiger partial charge in [-0.15, -0.1) is 0 Å². The normalized spacial score (nSPS) is 18.7. The molecule has 4 aromatic rings. The first-order chi connectivity index (χ1) is 17.5. The number of anilines is 1. The van der Waals surface area contributed by atoms with Gasteiger partial charge >= 0.3 is 8.25 Å². The SMILES string of the molecule is C[C@H]1CC[C@H](n2cc(NC(=O)c3coc(-c4cnn(CO[PH](=O)O)c4)n3)c(-c3cnccn3)n2)CC1. The predicted octanol–water partition coefficient (Wildman–Crippen LogP) is 3.55. The van der Waals surface area contributed by atoms with Crippen LogP contribution in [0.3, 0.4) is 0 Å². The highest BCUT2D eigenvalue weighted by atomic mass is 31.1. The van der Waals surface area contributed by atoms with E-state index in [-0.39, 0.29) is 24.4 Å². The smallest absolute Gasteiger partial charge is 0.318 e. The number of carbonyl (C=O) groups is 1. The van der Waals surface area contributed by atoms with Crippen LogP contribution < -0.4 is 5.32 Å².